The number of hydrogen-bond acceptors (Lipinski definition) is 3. The van der Waals surface area contributed by atoms with Gasteiger partial charge in [0.2, 0.25) is 11.8 Å². The smallest absolute Gasteiger partial charge is 0.248 e. The number of nitrogens with zero attached hydrogens (tertiary/aromatic N) is 1. The number of aryl methyl sites for hydroxylation is 1. The first-order valence-electron chi connectivity index (χ1n) is 9.34. The Labute approximate surface area is 169 Å². The molecule has 0 bridgehead atoms. The van der Waals surface area contributed by atoms with E-state index in [1.54, 1.807) is 18.5 Å². The van der Waals surface area contributed by atoms with Crippen molar-refractivity contribution >= 4 is 17.7 Å². The Morgan fingerprint density at radius 3 is 2.45 bits per heavy atom. The highest BCUT2D eigenvalue weighted by molar-refractivity contribution is 6.02. The molecule has 0 fully saturated rings. The fourth-order valence-corrected chi connectivity index (χ4v) is 3.09. The van der Waals surface area contributed by atoms with Crippen LogP contribution < -0.4 is 5.32 Å². The number of nitrogens with one attached hydrogen (secondary N) is 1. The van der Waals surface area contributed by atoms with Gasteiger partial charge in [-0.05, 0) is 59.5 Å². The average Bonchev–Trinajstić information content (AvgIpc) is 3.29. The molecule has 1 heterocycles. The lowest BCUT2D eigenvalue weighted by Gasteiger charge is -2.09. The first-order valence-corrected chi connectivity index (χ1v) is 9.34. The van der Waals surface area contributed by atoms with Crippen LogP contribution in [0, 0.1) is 6.92 Å². The van der Waals surface area contributed by atoms with Crippen molar-refractivity contribution in [3.05, 3.63) is 102 Å². The normalized spacial score (nSPS) is 10.9. The van der Waals surface area contributed by atoms with E-state index in [9.17, 15) is 4.79 Å². The molecule has 4 nitrogen and oxygen atoms in total. The summed E-state index contributed by atoms with van der Waals surface area (Å²) in [5, 5.41) is 2.89. The Balaban J connectivity index is 1.49. The lowest BCUT2D eigenvalue weighted by Crippen LogP contribution is -2.07. The monoisotopic (exact) mass is 380 g/mol. The van der Waals surface area contributed by atoms with Gasteiger partial charge >= 0.3 is 0 Å². The Kier molecular flexibility index (Phi) is 5.34. The molecule has 0 aliphatic carbocycles. The van der Waals surface area contributed by atoms with Crippen LogP contribution >= 0.6 is 0 Å². The van der Waals surface area contributed by atoms with Crippen LogP contribution in [0.5, 0.6) is 0 Å². The molecule has 0 aliphatic rings. The van der Waals surface area contributed by atoms with E-state index >= 15 is 0 Å². The van der Waals surface area contributed by atoms with E-state index in [-0.39, 0.29) is 5.91 Å². The van der Waals surface area contributed by atoms with Crippen molar-refractivity contribution in [2.24, 2.45) is 0 Å². The molecule has 3 aromatic carbocycles. The van der Waals surface area contributed by atoms with Gasteiger partial charge in [0.1, 0.15) is 6.26 Å². The zero-order chi connectivity index (χ0) is 20.1. The fourth-order valence-electron chi connectivity index (χ4n) is 3.09. The molecule has 0 radical (unpaired) electrons. The molecule has 0 atom stereocenters. The maximum atomic E-state index is 12.2. The van der Waals surface area contributed by atoms with Crippen LogP contribution in [0.2, 0.25) is 0 Å². The Bertz CT molecular complexity index is 1130. The van der Waals surface area contributed by atoms with Crippen molar-refractivity contribution < 1.29 is 9.21 Å². The molecule has 0 spiro atoms. The van der Waals surface area contributed by atoms with Gasteiger partial charge in [-0.25, -0.2) is 4.98 Å². The van der Waals surface area contributed by atoms with Gasteiger partial charge in [-0.2, -0.15) is 0 Å². The SMILES string of the molecule is Cc1ccc(-c2ncco2)cc1-c1ccc(NC(=O)C=Cc2ccccc2)cc1. The van der Waals surface area contributed by atoms with Crippen LogP contribution in [0.4, 0.5) is 5.69 Å². The standard InChI is InChI=1S/C25H20N2O2/c1-18-7-9-21(25-26-15-16-29-25)17-23(18)20-10-12-22(13-11-20)27-24(28)14-8-19-5-3-2-4-6-19/h2-17H,1H3,(H,27,28). The van der Waals surface area contributed by atoms with Crippen molar-refractivity contribution in [1.29, 1.82) is 0 Å². The van der Waals surface area contributed by atoms with Crippen LogP contribution in [0.3, 0.4) is 0 Å². The van der Waals surface area contributed by atoms with E-state index in [1.807, 2.05) is 60.7 Å². The number of carbonyl (C=O) groups excluding carboxylic acids is 1. The third kappa shape index (κ3) is 4.50. The number of rotatable bonds is 5. The van der Waals surface area contributed by atoms with Gasteiger partial charge in [0.05, 0.1) is 6.20 Å². The molecule has 29 heavy (non-hydrogen) atoms. The van der Waals surface area contributed by atoms with Crippen molar-refractivity contribution in [3.63, 3.8) is 0 Å². The third-order valence-electron chi connectivity index (χ3n) is 4.61. The summed E-state index contributed by atoms with van der Waals surface area (Å²) in [6, 6.07) is 23.7. The molecule has 4 heteroatoms. The van der Waals surface area contributed by atoms with Crippen LogP contribution in [0.1, 0.15) is 11.1 Å². The molecular formula is C25H20N2O2. The zero-order valence-corrected chi connectivity index (χ0v) is 16.0. The lowest BCUT2D eigenvalue weighted by molar-refractivity contribution is -0.111. The molecule has 4 rings (SSSR count). The second-order valence-corrected chi connectivity index (χ2v) is 6.68. The van der Waals surface area contributed by atoms with Gasteiger partial charge in [0.15, 0.2) is 0 Å². The zero-order valence-electron chi connectivity index (χ0n) is 16.0. The van der Waals surface area contributed by atoms with Gasteiger partial charge in [0, 0.05) is 17.3 Å². The van der Waals surface area contributed by atoms with E-state index in [4.69, 9.17) is 4.42 Å². The molecule has 0 saturated heterocycles. The highest BCUT2D eigenvalue weighted by Crippen LogP contribution is 2.29. The summed E-state index contributed by atoms with van der Waals surface area (Å²) >= 11 is 0. The fraction of sp³-hybridized carbons (Fsp3) is 0.0400. The summed E-state index contributed by atoms with van der Waals surface area (Å²) in [6.07, 6.45) is 6.53. The van der Waals surface area contributed by atoms with Crippen molar-refractivity contribution in [2.45, 2.75) is 6.92 Å². The Hall–Kier alpha value is -3.92. The van der Waals surface area contributed by atoms with Crippen LogP contribution in [0.15, 0.2) is 95.7 Å². The summed E-state index contributed by atoms with van der Waals surface area (Å²) in [7, 11) is 0. The summed E-state index contributed by atoms with van der Waals surface area (Å²) < 4.78 is 5.40. The third-order valence-corrected chi connectivity index (χ3v) is 4.61. The average molecular weight is 380 g/mol. The van der Waals surface area contributed by atoms with E-state index in [0.717, 1.165) is 33.5 Å². The van der Waals surface area contributed by atoms with E-state index < -0.39 is 0 Å². The van der Waals surface area contributed by atoms with Crippen LogP contribution in [0.25, 0.3) is 28.7 Å². The number of benzene rings is 3. The maximum Gasteiger partial charge on any atom is 0.248 e. The molecule has 1 aromatic heterocycles. The predicted molar refractivity (Wildman–Crippen MR) is 116 cm³/mol. The highest BCUT2D eigenvalue weighted by Gasteiger charge is 2.08. The Morgan fingerprint density at radius 1 is 0.966 bits per heavy atom. The maximum absolute atomic E-state index is 12.2. The summed E-state index contributed by atoms with van der Waals surface area (Å²) in [5.41, 5.74) is 5.98. The van der Waals surface area contributed by atoms with E-state index in [1.165, 1.54) is 6.08 Å². The minimum Gasteiger partial charge on any atom is -0.445 e. The molecule has 1 amide bonds. The van der Waals surface area contributed by atoms with Crippen molar-refractivity contribution in [1.82, 2.24) is 4.98 Å². The van der Waals surface area contributed by atoms with Gasteiger partial charge < -0.3 is 9.73 Å². The predicted octanol–water partition coefficient (Wildman–Crippen LogP) is 5.97. The van der Waals surface area contributed by atoms with Crippen LogP contribution in [-0.4, -0.2) is 10.9 Å². The molecule has 4 aromatic rings. The molecular weight excluding hydrogens is 360 g/mol. The first kappa shape index (κ1) is 18.4. The summed E-state index contributed by atoms with van der Waals surface area (Å²) in [5.74, 6) is 0.434. The minimum absolute atomic E-state index is 0.163. The van der Waals surface area contributed by atoms with Crippen LogP contribution in [-0.2, 0) is 4.79 Å². The van der Waals surface area contributed by atoms with Crippen molar-refractivity contribution in [2.75, 3.05) is 5.32 Å². The van der Waals surface area contributed by atoms with Crippen molar-refractivity contribution in [3.8, 4) is 22.6 Å². The van der Waals surface area contributed by atoms with E-state index in [2.05, 4.69) is 29.4 Å². The van der Waals surface area contributed by atoms with Gasteiger partial charge in [-0.1, -0.05) is 48.5 Å². The number of anilines is 1. The number of carbonyl (C=O) groups is 1. The quantitative estimate of drug-likeness (QED) is 0.434. The molecule has 0 saturated carbocycles. The second kappa shape index (κ2) is 8.40. The molecule has 0 unspecified atom stereocenters. The molecule has 142 valence electrons. The first-order chi connectivity index (χ1) is 14.2. The number of aromatic nitrogens is 1. The minimum atomic E-state index is -0.163. The molecule has 1 N–H and O–H groups in total. The lowest BCUT2D eigenvalue weighted by atomic mass is 9.98. The van der Waals surface area contributed by atoms with Gasteiger partial charge in [-0.3, -0.25) is 4.79 Å². The largest absolute Gasteiger partial charge is 0.445 e. The van der Waals surface area contributed by atoms with Gasteiger partial charge in [-0.15, -0.1) is 0 Å². The van der Waals surface area contributed by atoms with E-state index in [0.29, 0.717) is 5.89 Å². The summed E-state index contributed by atoms with van der Waals surface area (Å²) in [4.78, 5) is 16.4. The topological polar surface area (TPSA) is 55.1 Å². The number of oxazole rings is 1. The number of amides is 1. The highest BCUT2D eigenvalue weighted by atomic mass is 16.3. The number of hydrogen-bond donors (Lipinski definition) is 1. The summed E-state index contributed by atoms with van der Waals surface area (Å²) in [6.45, 7) is 2.07. The second-order valence-electron chi connectivity index (χ2n) is 6.68. The Morgan fingerprint density at radius 2 is 1.72 bits per heavy atom. The van der Waals surface area contributed by atoms with Gasteiger partial charge in [0.25, 0.3) is 0 Å². The molecule has 0 aliphatic heterocycles.